The Balaban J connectivity index is 1.55. The van der Waals surface area contributed by atoms with Gasteiger partial charge in [-0.3, -0.25) is 0 Å². The van der Waals surface area contributed by atoms with Gasteiger partial charge < -0.3 is 14.8 Å². The van der Waals surface area contributed by atoms with E-state index in [2.05, 4.69) is 16.8 Å². The first-order valence-corrected chi connectivity index (χ1v) is 12.4. The van der Waals surface area contributed by atoms with Crippen molar-refractivity contribution in [3.05, 3.63) is 132 Å². The van der Waals surface area contributed by atoms with Gasteiger partial charge in [-0.1, -0.05) is 61.5 Å². The lowest BCUT2D eigenvalue weighted by Crippen LogP contribution is -2.38. The van der Waals surface area contributed by atoms with Gasteiger partial charge in [-0.15, -0.1) is 0 Å². The minimum absolute atomic E-state index is 0.311. The Labute approximate surface area is 214 Å². The van der Waals surface area contributed by atoms with Crippen molar-refractivity contribution in [3.8, 4) is 11.5 Å². The Morgan fingerprint density at radius 3 is 2.46 bits per heavy atom. The first-order valence-electron chi connectivity index (χ1n) is 12.4. The van der Waals surface area contributed by atoms with E-state index in [1.807, 2.05) is 88.6 Å². The molecule has 2 amide bonds. The number of amides is 2. The molecule has 0 unspecified atom stereocenters. The molecule has 3 aromatic carbocycles. The molecule has 6 rings (SSSR count). The van der Waals surface area contributed by atoms with Crippen LogP contribution in [0.4, 0.5) is 14.9 Å². The zero-order valence-corrected chi connectivity index (χ0v) is 20.4. The van der Waals surface area contributed by atoms with Crippen molar-refractivity contribution in [2.45, 2.75) is 25.9 Å². The number of nitrogens with one attached hydrogen (secondary N) is 1. The number of halogens is 1. The predicted octanol–water partition coefficient (Wildman–Crippen LogP) is 6.50. The Kier molecular flexibility index (Phi) is 5.81. The van der Waals surface area contributed by atoms with Crippen LogP contribution in [0.25, 0.3) is 11.5 Å². The molecule has 2 aromatic heterocycles. The molecule has 0 fully saturated rings. The van der Waals surface area contributed by atoms with E-state index in [-0.39, 0.29) is 12.1 Å². The zero-order chi connectivity index (χ0) is 25.4. The molecule has 0 spiro atoms. The third-order valence-corrected chi connectivity index (χ3v) is 6.76. The third-order valence-electron chi connectivity index (χ3n) is 6.76. The summed E-state index contributed by atoms with van der Waals surface area (Å²) in [5.74, 6) is 0.520. The highest BCUT2D eigenvalue weighted by atomic mass is 19.1. The molecule has 0 bridgehead atoms. The summed E-state index contributed by atoms with van der Waals surface area (Å²) in [5.41, 5.74) is 5.20. The van der Waals surface area contributed by atoms with E-state index in [1.54, 1.807) is 12.1 Å². The van der Waals surface area contributed by atoms with Crippen molar-refractivity contribution in [3.63, 3.8) is 0 Å². The smallest absolute Gasteiger partial charge is 0.308 e. The fourth-order valence-electron chi connectivity index (χ4n) is 5.10. The van der Waals surface area contributed by atoms with Crippen LogP contribution in [0.15, 0.2) is 103 Å². The van der Waals surface area contributed by atoms with E-state index in [9.17, 15) is 9.18 Å². The van der Waals surface area contributed by atoms with E-state index in [0.29, 0.717) is 18.7 Å². The summed E-state index contributed by atoms with van der Waals surface area (Å²) in [6.07, 6.45) is 2.74. The Hall–Kier alpha value is -4.65. The summed E-state index contributed by atoms with van der Waals surface area (Å²) >= 11 is 0. The minimum atomic E-state index is -0.401. The van der Waals surface area contributed by atoms with Gasteiger partial charge in [0.15, 0.2) is 0 Å². The molecule has 6 nitrogen and oxygen atoms in total. The Morgan fingerprint density at radius 2 is 1.73 bits per heavy atom. The maximum Gasteiger partial charge on any atom is 0.322 e. The van der Waals surface area contributed by atoms with Gasteiger partial charge in [0.2, 0.25) is 0 Å². The highest BCUT2D eigenvalue weighted by Crippen LogP contribution is 2.38. The second kappa shape index (κ2) is 9.43. The maximum atomic E-state index is 13.9. The predicted molar refractivity (Wildman–Crippen MR) is 142 cm³/mol. The number of aromatic nitrogens is 3. The molecule has 1 N–H and O–H groups in total. The number of rotatable bonds is 4. The van der Waals surface area contributed by atoms with Crippen molar-refractivity contribution < 1.29 is 9.18 Å². The zero-order valence-electron chi connectivity index (χ0n) is 20.4. The standard InChI is InChI=1S/C30H26FN5O/c1-2-26-25-20-35(30(37)32-23-14-9-13-22(31)19-23)28(21-11-5-3-6-12-21)27-17-10-18-34(27)29(25)36(33-26)24-15-7-4-8-16-24/h3-19,28H,2,20H2,1H3,(H,32,37)/t28-/m1/s1. The van der Waals surface area contributed by atoms with Crippen molar-refractivity contribution in [1.29, 1.82) is 0 Å². The third kappa shape index (κ3) is 4.08. The number of para-hydroxylation sites is 1. The summed E-state index contributed by atoms with van der Waals surface area (Å²) in [5, 5.41) is 7.90. The van der Waals surface area contributed by atoms with Crippen molar-refractivity contribution in [2.24, 2.45) is 0 Å². The van der Waals surface area contributed by atoms with Crippen LogP contribution in [0, 0.1) is 5.82 Å². The fourth-order valence-corrected chi connectivity index (χ4v) is 5.10. The van der Waals surface area contributed by atoms with Crippen molar-refractivity contribution in [2.75, 3.05) is 5.32 Å². The number of fused-ring (bicyclic) bond motifs is 3. The largest absolute Gasteiger partial charge is 0.322 e. The minimum Gasteiger partial charge on any atom is -0.308 e. The number of benzene rings is 3. The molecule has 0 saturated carbocycles. The first kappa shape index (κ1) is 22.8. The van der Waals surface area contributed by atoms with Gasteiger partial charge in [0, 0.05) is 17.4 Å². The molecular formula is C30H26FN5O. The summed E-state index contributed by atoms with van der Waals surface area (Å²) in [4.78, 5) is 15.7. The number of aryl methyl sites for hydroxylation is 1. The fraction of sp³-hybridized carbons (Fsp3) is 0.133. The molecule has 3 heterocycles. The van der Waals surface area contributed by atoms with Crippen LogP contribution in [0.5, 0.6) is 0 Å². The molecule has 0 aliphatic carbocycles. The monoisotopic (exact) mass is 491 g/mol. The molecule has 1 aliphatic rings. The molecule has 1 aliphatic heterocycles. The second-order valence-electron chi connectivity index (χ2n) is 9.03. The van der Waals surface area contributed by atoms with E-state index in [0.717, 1.165) is 34.0 Å². The number of urea groups is 1. The maximum absolute atomic E-state index is 13.9. The highest BCUT2D eigenvalue weighted by Gasteiger charge is 2.36. The molecular weight excluding hydrogens is 465 g/mol. The average molecular weight is 492 g/mol. The van der Waals surface area contributed by atoms with Crippen LogP contribution >= 0.6 is 0 Å². The molecule has 184 valence electrons. The van der Waals surface area contributed by atoms with Crippen LogP contribution < -0.4 is 5.32 Å². The number of carbonyl (C=O) groups excluding carboxylic acids is 1. The van der Waals surface area contributed by atoms with Gasteiger partial charge in [-0.25, -0.2) is 13.9 Å². The van der Waals surface area contributed by atoms with Crippen molar-refractivity contribution in [1.82, 2.24) is 19.2 Å². The summed E-state index contributed by atoms with van der Waals surface area (Å²) in [6, 6.07) is 29.3. The van der Waals surface area contributed by atoms with Gasteiger partial charge in [0.25, 0.3) is 0 Å². The second-order valence-corrected chi connectivity index (χ2v) is 9.03. The lowest BCUT2D eigenvalue weighted by atomic mass is 10.0. The average Bonchev–Trinajstić information content (AvgIpc) is 3.51. The van der Waals surface area contributed by atoms with Crippen LogP contribution in [0.3, 0.4) is 0 Å². The van der Waals surface area contributed by atoms with E-state index >= 15 is 0 Å². The van der Waals surface area contributed by atoms with Gasteiger partial charge >= 0.3 is 6.03 Å². The number of carbonyl (C=O) groups is 1. The van der Waals surface area contributed by atoms with Crippen LogP contribution in [0.2, 0.25) is 0 Å². The van der Waals surface area contributed by atoms with Gasteiger partial charge in [-0.2, -0.15) is 5.10 Å². The highest BCUT2D eigenvalue weighted by molar-refractivity contribution is 5.90. The molecule has 37 heavy (non-hydrogen) atoms. The molecule has 0 radical (unpaired) electrons. The Bertz CT molecular complexity index is 1560. The number of hydrogen-bond donors (Lipinski definition) is 1. The number of anilines is 1. The Morgan fingerprint density at radius 1 is 0.973 bits per heavy atom. The van der Waals surface area contributed by atoms with E-state index in [4.69, 9.17) is 5.10 Å². The molecule has 1 atom stereocenters. The lowest BCUT2D eigenvalue weighted by molar-refractivity contribution is 0.194. The van der Waals surface area contributed by atoms with Gasteiger partial charge in [0.05, 0.1) is 29.7 Å². The SMILES string of the molecule is CCc1nn(-c2ccccc2)c2c1CN(C(=O)Nc1cccc(F)c1)[C@H](c1ccccc1)c1cccn1-2. The van der Waals surface area contributed by atoms with E-state index < -0.39 is 5.82 Å². The molecule has 0 saturated heterocycles. The van der Waals surface area contributed by atoms with Gasteiger partial charge in [-0.05, 0) is 54.4 Å². The van der Waals surface area contributed by atoms with Crippen LogP contribution in [-0.4, -0.2) is 25.3 Å². The lowest BCUT2D eigenvalue weighted by Gasteiger charge is -2.31. The van der Waals surface area contributed by atoms with Gasteiger partial charge in [0.1, 0.15) is 11.6 Å². The summed E-state index contributed by atoms with van der Waals surface area (Å²) in [7, 11) is 0. The van der Waals surface area contributed by atoms with Crippen molar-refractivity contribution >= 4 is 11.7 Å². The van der Waals surface area contributed by atoms with Crippen LogP contribution in [-0.2, 0) is 13.0 Å². The molecule has 5 aromatic rings. The topological polar surface area (TPSA) is 55.1 Å². The number of nitrogens with zero attached hydrogens (tertiary/aromatic N) is 4. The molecule has 7 heteroatoms. The normalized spacial score (nSPS) is 14.5. The summed E-state index contributed by atoms with van der Waals surface area (Å²) < 4.78 is 18.0. The summed E-state index contributed by atoms with van der Waals surface area (Å²) in [6.45, 7) is 2.42. The number of hydrogen-bond acceptors (Lipinski definition) is 2. The van der Waals surface area contributed by atoms with Crippen LogP contribution in [0.1, 0.15) is 35.5 Å². The first-order chi connectivity index (χ1) is 18.1. The quantitative estimate of drug-likeness (QED) is 0.312. The van der Waals surface area contributed by atoms with E-state index in [1.165, 1.54) is 12.1 Å².